The molecule has 1 N–H and O–H groups in total. The van der Waals surface area contributed by atoms with E-state index in [1.54, 1.807) is 0 Å². The van der Waals surface area contributed by atoms with E-state index in [0.29, 0.717) is 6.54 Å². The molecule has 12 heavy (non-hydrogen) atoms. The Bertz CT molecular complexity index is 189. The van der Waals surface area contributed by atoms with E-state index in [-0.39, 0.29) is 0 Å². The molecule has 0 rings (SSSR count). The molecule has 0 bridgehead atoms. The van der Waals surface area contributed by atoms with E-state index in [9.17, 15) is 9.59 Å². The SMILES string of the molecule is C=CCNC(=O)C(C=C)O[C]=O. The molecule has 1 atom stereocenters. The minimum atomic E-state index is -0.970. The molecule has 65 valence electrons. The molecule has 0 aromatic carbocycles. The first-order valence-corrected chi connectivity index (χ1v) is 3.30. The molecule has 0 spiro atoms. The first-order chi connectivity index (χ1) is 5.76. The van der Waals surface area contributed by atoms with Crippen molar-refractivity contribution in [2.24, 2.45) is 0 Å². The fourth-order valence-corrected chi connectivity index (χ4v) is 0.534. The summed E-state index contributed by atoms with van der Waals surface area (Å²) in [4.78, 5) is 20.7. The lowest BCUT2D eigenvalue weighted by Crippen LogP contribution is -2.34. The molecule has 1 unspecified atom stereocenters. The maximum Gasteiger partial charge on any atom is 0.418 e. The number of rotatable bonds is 6. The van der Waals surface area contributed by atoms with Crippen molar-refractivity contribution < 1.29 is 14.3 Å². The second-order valence-corrected chi connectivity index (χ2v) is 1.89. The molecule has 0 aromatic heterocycles. The topological polar surface area (TPSA) is 55.4 Å². The number of nitrogens with one attached hydrogen (secondary N) is 1. The Morgan fingerprint density at radius 2 is 2.33 bits per heavy atom. The number of hydrogen-bond acceptors (Lipinski definition) is 3. The quantitative estimate of drug-likeness (QED) is 0.565. The number of amides is 1. The predicted molar refractivity (Wildman–Crippen MR) is 44.0 cm³/mol. The van der Waals surface area contributed by atoms with Crippen molar-refractivity contribution in [1.82, 2.24) is 5.32 Å². The molecular formula is C8H10NO3. The summed E-state index contributed by atoms with van der Waals surface area (Å²) in [6.07, 6.45) is 1.76. The average Bonchev–Trinajstić information content (AvgIpc) is 2.10. The highest BCUT2D eigenvalue weighted by Crippen LogP contribution is 1.90. The molecule has 0 fully saturated rings. The summed E-state index contributed by atoms with van der Waals surface area (Å²) in [7, 11) is 0. The Morgan fingerprint density at radius 3 is 2.75 bits per heavy atom. The fourth-order valence-electron chi connectivity index (χ4n) is 0.534. The summed E-state index contributed by atoms with van der Waals surface area (Å²) < 4.78 is 4.28. The highest BCUT2D eigenvalue weighted by Gasteiger charge is 2.14. The van der Waals surface area contributed by atoms with Gasteiger partial charge in [-0.2, -0.15) is 0 Å². The lowest BCUT2D eigenvalue weighted by atomic mass is 10.3. The van der Waals surface area contributed by atoms with Crippen LogP contribution >= 0.6 is 0 Å². The van der Waals surface area contributed by atoms with Gasteiger partial charge in [0.1, 0.15) is 0 Å². The van der Waals surface area contributed by atoms with E-state index in [4.69, 9.17) is 0 Å². The summed E-state index contributed by atoms with van der Waals surface area (Å²) in [6.45, 7) is 8.22. The third-order valence-electron chi connectivity index (χ3n) is 1.07. The van der Waals surface area contributed by atoms with E-state index in [2.05, 4.69) is 23.2 Å². The largest absolute Gasteiger partial charge is 0.440 e. The number of hydrogen-bond donors (Lipinski definition) is 1. The molecule has 0 aromatic rings. The van der Waals surface area contributed by atoms with Crippen LogP contribution in [0.5, 0.6) is 0 Å². The molecule has 0 saturated carbocycles. The second-order valence-electron chi connectivity index (χ2n) is 1.89. The normalized spacial score (nSPS) is 11.0. The zero-order chi connectivity index (χ0) is 9.40. The van der Waals surface area contributed by atoms with Crippen LogP contribution in [0.4, 0.5) is 0 Å². The maximum absolute atomic E-state index is 11.0. The van der Waals surface area contributed by atoms with Crippen LogP contribution < -0.4 is 5.32 Å². The molecule has 4 nitrogen and oxygen atoms in total. The first kappa shape index (κ1) is 10.4. The van der Waals surface area contributed by atoms with Gasteiger partial charge in [0.25, 0.3) is 5.91 Å². The van der Waals surface area contributed by atoms with Crippen LogP contribution in [0.15, 0.2) is 25.3 Å². The molecule has 4 heteroatoms. The van der Waals surface area contributed by atoms with Crippen molar-refractivity contribution in [2.45, 2.75) is 6.10 Å². The van der Waals surface area contributed by atoms with E-state index in [1.807, 2.05) is 0 Å². The van der Waals surface area contributed by atoms with E-state index in [1.165, 1.54) is 18.6 Å². The van der Waals surface area contributed by atoms with E-state index >= 15 is 0 Å². The van der Waals surface area contributed by atoms with Crippen LogP contribution in [-0.2, 0) is 14.3 Å². The summed E-state index contributed by atoms with van der Waals surface area (Å²) in [5.74, 6) is -0.437. The standard InChI is InChI=1S/C8H10NO3/c1-3-5-9-8(11)7(4-2)12-6-10/h3-4,7H,1-2,5H2,(H,9,11). The molecular weight excluding hydrogens is 158 g/mol. The first-order valence-electron chi connectivity index (χ1n) is 3.30. The van der Waals surface area contributed by atoms with Crippen LogP contribution in [0.1, 0.15) is 0 Å². The lowest BCUT2D eigenvalue weighted by molar-refractivity contribution is -0.126. The fraction of sp³-hybridized carbons (Fsp3) is 0.250. The van der Waals surface area contributed by atoms with Gasteiger partial charge in [0.05, 0.1) is 0 Å². The third kappa shape index (κ3) is 3.55. The molecule has 0 aliphatic rings. The lowest BCUT2D eigenvalue weighted by Gasteiger charge is -2.08. The van der Waals surface area contributed by atoms with Crippen LogP contribution in [0.2, 0.25) is 0 Å². The molecule has 0 aliphatic heterocycles. The van der Waals surface area contributed by atoms with E-state index in [0.717, 1.165) is 0 Å². The number of carbonyl (C=O) groups is 1. The Morgan fingerprint density at radius 1 is 1.67 bits per heavy atom. The van der Waals surface area contributed by atoms with Gasteiger partial charge in [0, 0.05) is 6.54 Å². The predicted octanol–water partition coefficient (Wildman–Crippen LogP) is -0.0730. The van der Waals surface area contributed by atoms with Gasteiger partial charge in [0.15, 0.2) is 6.10 Å². The molecule has 1 amide bonds. The van der Waals surface area contributed by atoms with Gasteiger partial charge in [-0.3, -0.25) is 4.79 Å². The third-order valence-corrected chi connectivity index (χ3v) is 1.07. The van der Waals surface area contributed by atoms with Crippen molar-refractivity contribution in [3.8, 4) is 0 Å². The number of ether oxygens (including phenoxy) is 1. The average molecular weight is 168 g/mol. The Kier molecular flexibility index (Phi) is 5.34. The van der Waals surface area contributed by atoms with Crippen LogP contribution in [-0.4, -0.2) is 25.0 Å². The highest BCUT2D eigenvalue weighted by molar-refractivity contribution is 5.83. The van der Waals surface area contributed by atoms with Crippen LogP contribution in [0, 0.1) is 0 Å². The highest BCUT2D eigenvalue weighted by atomic mass is 16.5. The van der Waals surface area contributed by atoms with Gasteiger partial charge >= 0.3 is 6.47 Å². The van der Waals surface area contributed by atoms with Gasteiger partial charge in [0.2, 0.25) is 0 Å². The minimum Gasteiger partial charge on any atom is -0.440 e. The van der Waals surface area contributed by atoms with Crippen molar-refractivity contribution in [3.05, 3.63) is 25.3 Å². The number of carbonyl (C=O) groups excluding carboxylic acids is 2. The van der Waals surface area contributed by atoms with Crippen LogP contribution in [0.25, 0.3) is 0 Å². The monoisotopic (exact) mass is 168 g/mol. The molecule has 0 aliphatic carbocycles. The summed E-state index contributed by atoms with van der Waals surface area (Å²) in [6, 6.07) is 0. The zero-order valence-electron chi connectivity index (χ0n) is 6.58. The Hall–Kier alpha value is -1.58. The zero-order valence-corrected chi connectivity index (χ0v) is 6.58. The summed E-state index contributed by atoms with van der Waals surface area (Å²) in [5, 5.41) is 2.44. The van der Waals surface area contributed by atoms with Gasteiger partial charge in [-0.05, 0) is 6.08 Å². The van der Waals surface area contributed by atoms with E-state index < -0.39 is 12.0 Å². The maximum atomic E-state index is 11.0. The summed E-state index contributed by atoms with van der Waals surface area (Å²) >= 11 is 0. The minimum absolute atomic E-state index is 0.325. The smallest absolute Gasteiger partial charge is 0.418 e. The Labute approximate surface area is 70.9 Å². The van der Waals surface area contributed by atoms with Crippen molar-refractivity contribution >= 4 is 12.4 Å². The molecule has 0 heterocycles. The second kappa shape index (κ2) is 6.15. The van der Waals surface area contributed by atoms with Gasteiger partial charge in [-0.25, -0.2) is 4.79 Å². The van der Waals surface area contributed by atoms with Crippen molar-refractivity contribution in [1.29, 1.82) is 0 Å². The summed E-state index contributed by atoms with van der Waals surface area (Å²) in [5.41, 5.74) is 0. The van der Waals surface area contributed by atoms with Crippen molar-refractivity contribution in [3.63, 3.8) is 0 Å². The Balaban J connectivity index is 3.92. The molecule has 0 saturated heterocycles. The van der Waals surface area contributed by atoms with Gasteiger partial charge in [-0.1, -0.05) is 12.7 Å². The molecule has 1 radical (unpaired) electrons. The van der Waals surface area contributed by atoms with Gasteiger partial charge < -0.3 is 10.1 Å². The van der Waals surface area contributed by atoms with Crippen LogP contribution in [0.3, 0.4) is 0 Å². The van der Waals surface area contributed by atoms with Crippen molar-refractivity contribution in [2.75, 3.05) is 6.54 Å². The van der Waals surface area contributed by atoms with Gasteiger partial charge in [-0.15, -0.1) is 6.58 Å².